The van der Waals surface area contributed by atoms with Crippen LogP contribution in [0, 0.1) is 10.8 Å². The molecule has 0 atom stereocenters. The van der Waals surface area contributed by atoms with Crippen LogP contribution in [0.3, 0.4) is 0 Å². The minimum atomic E-state index is -2.60. The van der Waals surface area contributed by atoms with Crippen LogP contribution in [-0.4, -0.2) is 4.66 Å². The summed E-state index contributed by atoms with van der Waals surface area (Å²) < 4.78 is 24.0. The molecule has 0 aromatic rings. The fourth-order valence-corrected chi connectivity index (χ4v) is 0. The third-order valence-corrected chi connectivity index (χ3v) is 0. The summed E-state index contributed by atoms with van der Waals surface area (Å²) in [5.41, 5.74) is 0. The molecule has 0 unspecified atom stereocenters. The van der Waals surface area contributed by atoms with Gasteiger partial charge in [-0.15, -0.1) is 0 Å². The van der Waals surface area contributed by atoms with Crippen molar-refractivity contribution in [3.05, 3.63) is 0 Å². The van der Waals surface area contributed by atoms with Gasteiger partial charge in [0, 0.05) is 30.9 Å². The van der Waals surface area contributed by atoms with Gasteiger partial charge in [0.05, 0.1) is 0 Å². The van der Waals surface area contributed by atoms with Crippen molar-refractivity contribution in [1.29, 1.82) is 0 Å². The second-order valence-electron chi connectivity index (χ2n) is 0.201. The quantitative estimate of drug-likeness (QED) is 0.410. The van der Waals surface area contributed by atoms with Gasteiger partial charge in [0.25, 0.3) is 10.8 Å². The van der Waals surface area contributed by atoms with E-state index >= 15 is 0 Å². The van der Waals surface area contributed by atoms with E-state index in [1.807, 2.05) is 0 Å². The van der Waals surface area contributed by atoms with Crippen LogP contribution < -0.4 is 60.7 Å². The zero-order valence-electron chi connectivity index (χ0n) is 4.14. The van der Waals surface area contributed by atoms with E-state index in [0.717, 1.165) is 0 Å². The molecule has 0 radical (unpaired) electrons. The third-order valence-electron chi connectivity index (χ3n) is 0. The first kappa shape index (κ1) is 15.9. The largest absolute Gasteiger partial charge is 1.00 e. The predicted octanol–water partition coefficient (Wildman–Crippen LogP) is -5.82. The monoisotopic (exact) mass is 214 g/mol. The summed E-state index contributed by atoms with van der Waals surface area (Å²) in [5.74, 6) is 0. The van der Waals surface area contributed by atoms with Gasteiger partial charge in [-0.2, -0.15) is 0 Å². The third kappa shape index (κ3) is 29.9. The Hall–Kier alpha value is 2.69. The summed E-state index contributed by atoms with van der Waals surface area (Å²) in [4.78, 5) is 0. The molecule has 0 aromatic heterocycles. The number of hydrogen-bond acceptors (Lipinski definition) is 3. The predicted molar refractivity (Wildman–Crippen MR) is 3.33 cm³/mol. The summed E-state index contributed by atoms with van der Waals surface area (Å²) >= 11 is 0. The molecule has 1 N–H and O–H groups in total. The number of hydrogen-bond donors (Lipinski definition) is 1. The van der Waals surface area contributed by atoms with Crippen LogP contribution in [0.25, 0.3) is 0 Å². The van der Waals surface area contributed by atoms with Crippen molar-refractivity contribution < 1.29 is 104 Å². The average Bonchev–Trinajstić information content (AvgIpc) is 0.811. The van der Waals surface area contributed by atoms with Gasteiger partial charge >= 0.3 is 51.4 Å². The van der Waals surface area contributed by atoms with Crippen molar-refractivity contribution in [3.63, 3.8) is 0 Å². The zero-order chi connectivity index (χ0) is 3.58. The second-order valence-corrected chi connectivity index (χ2v) is 0.603. The fourth-order valence-electron chi connectivity index (χ4n) is 0. The Morgan fingerprint density at radius 3 is 1.50 bits per heavy atom. The molecule has 0 aliphatic heterocycles. The Morgan fingerprint density at radius 1 is 1.50 bits per heavy atom. The van der Waals surface area contributed by atoms with Crippen LogP contribution in [-0.2, 0) is 26.2 Å². The molecule has 0 aliphatic rings. The molecule has 32 valence electrons. The molecule has 0 saturated heterocycles. The van der Waals surface area contributed by atoms with Crippen molar-refractivity contribution in [2.75, 3.05) is 0 Å². The summed E-state index contributed by atoms with van der Waals surface area (Å²) in [6.07, 6.45) is 0. The van der Waals surface area contributed by atoms with Gasteiger partial charge in [-0.1, -0.05) is 0 Å². The molecule has 0 heterocycles. The zero-order valence-corrected chi connectivity index (χ0v) is 9.48. The van der Waals surface area contributed by atoms with E-state index in [1.54, 1.807) is 0 Å². The van der Waals surface area contributed by atoms with Crippen molar-refractivity contribution in [2.24, 2.45) is 0 Å². The van der Waals surface area contributed by atoms with Crippen LogP contribution in [0.2, 0.25) is 0 Å². The molecule has 0 bridgehead atoms. The Kier molecular flexibility index (Phi) is 28.1. The molecule has 0 aliphatic carbocycles. The van der Waals surface area contributed by atoms with Gasteiger partial charge in [-0.3, -0.25) is 0 Å². The van der Waals surface area contributed by atoms with Gasteiger partial charge in [-0.05, 0) is 0 Å². The van der Waals surface area contributed by atoms with E-state index in [2.05, 4.69) is 0 Å². The Morgan fingerprint density at radius 2 is 1.50 bits per heavy atom. The fraction of sp³-hybridized carbons (Fsp3) is 0. The molecule has 3 nitrogen and oxygen atoms in total. The number of halogens is 1. The van der Waals surface area contributed by atoms with E-state index in [-0.39, 0.29) is 79.0 Å². The van der Waals surface area contributed by atoms with Gasteiger partial charge in [0.2, 0.25) is 0 Å². The molecule has 0 amide bonds. The standard InChI is InChI=1S/ClHO3.K.Zr.H/c2-1(3)4;;;/h2H;;;/q;+1;;-1. The molecule has 0 spiro atoms. The summed E-state index contributed by atoms with van der Waals surface area (Å²) in [6.45, 7) is 0. The minimum Gasteiger partial charge on any atom is -1.00 e. The molecular weight excluding hydrogens is 214 g/mol. The Bertz CT molecular complexity index is 19.7. The summed E-state index contributed by atoms with van der Waals surface area (Å²) in [6, 6.07) is 0. The molecule has 0 fully saturated rings. The van der Waals surface area contributed by atoms with Crippen molar-refractivity contribution in [2.45, 2.75) is 0 Å². The first-order valence-electron chi connectivity index (χ1n) is 0.478. The van der Waals surface area contributed by atoms with E-state index in [4.69, 9.17) is 14.0 Å². The van der Waals surface area contributed by atoms with Crippen molar-refractivity contribution in [1.82, 2.24) is 0 Å². The molecule has 6 heavy (non-hydrogen) atoms. The van der Waals surface area contributed by atoms with Gasteiger partial charge in [0.1, 0.15) is 0 Å². The van der Waals surface area contributed by atoms with Gasteiger partial charge < -0.3 is 10.7 Å². The molecule has 6 heteroatoms. The topological polar surface area (TPSA) is 66.3 Å². The molecule has 0 saturated carbocycles. The summed E-state index contributed by atoms with van der Waals surface area (Å²) in [5, 5.41) is 0. The van der Waals surface area contributed by atoms with Crippen LogP contribution in [0.4, 0.5) is 0 Å². The first-order valence-corrected chi connectivity index (χ1v) is 1.43. The SMILES string of the molecule is [H-].[K+].[O-][Cl+2]([O-])O.[Zr]. The van der Waals surface area contributed by atoms with Crippen molar-refractivity contribution >= 4 is 0 Å². The van der Waals surface area contributed by atoms with E-state index in [1.165, 1.54) is 0 Å². The van der Waals surface area contributed by atoms with Crippen LogP contribution in [0.5, 0.6) is 0 Å². The van der Waals surface area contributed by atoms with Crippen LogP contribution in [0.15, 0.2) is 0 Å². The van der Waals surface area contributed by atoms with Crippen LogP contribution >= 0.6 is 0 Å². The minimum absolute atomic E-state index is 0. The van der Waals surface area contributed by atoms with E-state index < -0.39 is 10.8 Å². The van der Waals surface area contributed by atoms with E-state index in [0.29, 0.717) is 0 Å². The van der Waals surface area contributed by atoms with Gasteiger partial charge in [0.15, 0.2) is 0 Å². The first-order chi connectivity index (χ1) is 1.73. The van der Waals surface area contributed by atoms with Crippen molar-refractivity contribution in [3.8, 4) is 0 Å². The normalized spacial score (nSPS) is 6.00. The Balaban J connectivity index is -0.0000000150. The molecular formula is H2ClKO3Zr. The maximum absolute atomic E-state index is 8.52. The number of rotatable bonds is 0. The smallest absolute Gasteiger partial charge is 1.00 e. The molecule has 0 aromatic carbocycles. The maximum atomic E-state index is 8.52. The van der Waals surface area contributed by atoms with Gasteiger partial charge in [-0.25, -0.2) is 0 Å². The average molecular weight is 216 g/mol. The summed E-state index contributed by atoms with van der Waals surface area (Å²) in [7, 11) is -2.60. The second kappa shape index (κ2) is 10.6. The van der Waals surface area contributed by atoms with Crippen LogP contribution in [0.1, 0.15) is 1.43 Å². The van der Waals surface area contributed by atoms with E-state index in [9.17, 15) is 0 Å². The Labute approximate surface area is 102 Å². The maximum Gasteiger partial charge on any atom is 1.00 e. The molecule has 0 rings (SSSR count).